The third-order valence-electron chi connectivity index (χ3n) is 3.78. The van der Waals surface area contributed by atoms with Gasteiger partial charge in [-0.2, -0.15) is 4.91 Å². The van der Waals surface area contributed by atoms with E-state index in [1.54, 1.807) is 7.11 Å². The van der Waals surface area contributed by atoms with Crippen molar-refractivity contribution in [3.63, 3.8) is 0 Å². The van der Waals surface area contributed by atoms with E-state index in [4.69, 9.17) is 4.74 Å². The summed E-state index contributed by atoms with van der Waals surface area (Å²) in [6.45, 7) is 8.96. The molecule has 0 radical (unpaired) electrons. The molecule has 0 N–H and O–H groups in total. The lowest BCUT2D eigenvalue weighted by Crippen LogP contribution is -2.40. The molecule has 100 valence electrons. The predicted molar refractivity (Wildman–Crippen MR) is 70.2 cm³/mol. The van der Waals surface area contributed by atoms with Gasteiger partial charge in [0.05, 0.1) is 12.1 Å². The molecule has 0 spiro atoms. The molecular weight excluding hydrogens is 216 g/mol. The van der Waals surface area contributed by atoms with Crippen molar-refractivity contribution in [2.45, 2.75) is 57.6 Å². The minimum Gasteiger partial charge on any atom is -0.379 e. The number of nitroso groups, excluding NO2 is 1. The Bertz CT molecular complexity index is 238. The SMILES string of the molecule is COC(C)(C)C.O=NCC12CCCN1CCC2. The third kappa shape index (κ3) is 4.03. The van der Waals surface area contributed by atoms with Crippen LogP contribution in [-0.2, 0) is 4.74 Å². The molecule has 0 aromatic carbocycles. The van der Waals surface area contributed by atoms with Crippen LogP contribution in [0, 0.1) is 4.91 Å². The van der Waals surface area contributed by atoms with Crippen LogP contribution in [0.4, 0.5) is 0 Å². The van der Waals surface area contributed by atoms with E-state index in [2.05, 4.69) is 10.1 Å². The first-order chi connectivity index (χ1) is 7.93. The first-order valence-corrected chi connectivity index (χ1v) is 6.53. The van der Waals surface area contributed by atoms with Gasteiger partial charge in [-0.25, -0.2) is 0 Å². The molecule has 2 fully saturated rings. The zero-order valence-electron chi connectivity index (χ0n) is 11.7. The fourth-order valence-corrected chi connectivity index (χ4v) is 2.60. The summed E-state index contributed by atoms with van der Waals surface area (Å²) in [5, 5.41) is 3.06. The van der Waals surface area contributed by atoms with Gasteiger partial charge in [-0.1, -0.05) is 5.18 Å². The van der Waals surface area contributed by atoms with Crippen molar-refractivity contribution in [3.8, 4) is 0 Å². The highest BCUT2D eigenvalue weighted by Gasteiger charge is 2.44. The molecule has 4 heteroatoms. The quantitative estimate of drug-likeness (QED) is 0.699. The van der Waals surface area contributed by atoms with Gasteiger partial charge in [0.2, 0.25) is 0 Å². The van der Waals surface area contributed by atoms with E-state index in [0.29, 0.717) is 6.54 Å². The van der Waals surface area contributed by atoms with E-state index >= 15 is 0 Å². The molecule has 0 saturated carbocycles. The minimum atomic E-state index is 0.0417. The van der Waals surface area contributed by atoms with Gasteiger partial charge in [-0.05, 0) is 59.5 Å². The first-order valence-electron chi connectivity index (χ1n) is 6.53. The van der Waals surface area contributed by atoms with Crippen molar-refractivity contribution in [2.24, 2.45) is 5.18 Å². The molecule has 2 saturated heterocycles. The van der Waals surface area contributed by atoms with Gasteiger partial charge in [0.15, 0.2) is 0 Å². The van der Waals surface area contributed by atoms with Crippen LogP contribution >= 0.6 is 0 Å². The summed E-state index contributed by atoms with van der Waals surface area (Å²) in [7, 11) is 1.71. The molecule has 0 unspecified atom stereocenters. The van der Waals surface area contributed by atoms with Crippen LogP contribution in [0.25, 0.3) is 0 Å². The van der Waals surface area contributed by atoms with Crippen molar-refractivity contribution in [3.05, 3.63) is 4.91 Å². The molecule has 0 aromatic rings. The predicted octanol–water partition coefficient (Wildman–Crippen LogP) is 2.81. The van der Waals surface area contributed by atoms with Gasteiger partial charge in [0, 0.05) is 12.6 Å². The molecular formula is C13H26N2O2. The number of fused-ring (bicyclic) bond motifs is 1. The van der Waals surface area contributed by atoms with Crippen molar-refractivity contribution < 1.29 is 4.74 Å². The van der Waals surface area contributed by atoms with E-state index in [9.17, 15) is 4.91 Å². The summed E-state index contributed by atoms with van der Waals surface area (Å²) in [5.41, 5.74) is 0.252. The molecule has 4 nitrogen and oxygen atoms in total. The fraction of sp³-hybridized carbons (Fsp3) is 1.00. The molecule has 17 heavy (non-hydrogen) atoms. The fourth-order valence-electron chi connectivity index (χ4n) is 2.60. The van der Waals surface area contributed by atoms with E-state index in [-0.39, 0.29) is 11.1 Å². The lowest BCUT2D eigenvalue weighted by Gasteiger charge is -2.28. The zero-order chi connectivity index (χ0) is 12.9. The number of rotatable bonds is 2. The summed E-state index contributed by atoms with van der Waals surface area (Å²) < 4.78 is 4.94. The van der Waals surface area contributed by atoms with Crippen LogP contribution in [0.15, 0.2) is 5.18 Å². The highest BCUT2D eigenvalue weighted by Crippen LogP contribution is 2.38. The number of methoxy groups -OCH3 is 1. The lowest BCUT2D eigenvalue weighted by molar-refractivity contribution is 0.0397. The van der Waals surface area contributed by atoms with Crippen LogP contribution in [-0.4, -0.2) is 42.8 Å². The Kier molecular flexibility index (Phi) is 5.07. The molecule has 2 heterocycles. The Hall–Kier alpha value is -0.480. The van der Waals surface area contributed by atoms with Crippen molar-refractivity contribution >= 4 is 0 Å². The van der Waals surface area contributed by atoms with Crippen molar-refractivity contribution in [1.29, 1.82) is 0 Å². The molecule has 0 amide bonds. The number of ether oxygens (including phenoxy) is 1. The highest BCUT2D eigenvalue weighted by molar-refractivity contribution is 5.01. The van der Waals surface area contributed by atoms with Crippen LogP contribution < -0.4 is 0 Å². The van der Waals surface area contributed by atoms with Crippen LogP contribution in [0.5, 0.6) is 0 Å². The second kappa shape index (κ2) is 5.91. The minimum absolute atomic E-state index is 0.0417. The van der Waals surface area contributed by atoms with Gasteiger partial charge >= 0.3 is 0 Å². The second-order valence-corrected chi connectivity index (χ2v) is 6.02. The van der Waals surface area contributed by atoms with Gasteiger partial charge < -0.3 is 4.74 Å². The average molecular weight is 242 g/mol. The maximum atomic E-state index is 10.2. The number of hydrogen-bond acceptors (Lipinski definition) is 4. The Morgan fingerprint density at radius 2 is 1.71 bits per heavy atom. The second-order valence-electron chi connectivity index (χ2n) is 6.02. The van der Waals surface area contributed by atoms with E-state index in [0.717, 1.165) is 0 Å². The maximum absolute atomic E-state index is 10.2. The molecule has 0 aromatic heterocycles. The normalized spacial score (nSPS) is 22.8. The first kappa shape index (κ1) is 14.6. The highest BCUT2D eigenvalue weighted by atomic mass is 16.5. The van der Waals surface area contributed by atoms with Crippen molar-refractivity contribution in [2.75, 3.05) is 26.7 Å². The van der Waals surface area contributed by atoms with Gasteiger partial charge in [-0.3, -0.25) is 4.90 Å². The monoisotopic (exact) mass is 242 g/mol. The topological polar surface area (TPSA) is 41.9 Å². The van der Waals surface area contributed by atoms with Crippen LogP contribution in [0.1, 0.15) is 46.5 Å². The van der Waals surface area contributed by atoms with Crippen molar-refractivity contribution in [1.82, 2.24) is 4.90 Å². The molecule has 2 rings (SSSR count). The standard InChI is InChI=1S/C8H14N2O.C5H12O/c11-9-7-8-3-1-5-10(8)6-2-4-8;1-5(2,3)6-4/h1-7H2;1-4H3. The van der Waals surface area contributed by atoms with Crippen LogP contribution in [0.2, 0.25) is 0 Å². The van der Waals surface area contributed by atoms with E-state index in [1.165, 1.54) is 38.8 Å². The third-order valence-corrected chi connectivity index (χ3v) is 3.78. The Labute approximate surface area is 105 Å². The van der Waals surface area contributed by atoms with Crippen LogP contribution in [0.3, 0.4) is 0 Å². The largest absolute Gasteiger partial charge is 0.379 e. The van der Waals surface area contributed by atoms with Gasteiger partial charge in [0.25, 0.3) is 0 Å². The Morgan fingerprint density at radius 1 is 1.24 bits per heavy atom. The molecule has 2 aliphatic rings. The van der Waals surface area contributed by atoms with Gasteiger partial charge in [-0.15, -0.1) is 0 Å². The lowest BCUT2D eigenvalue weighted by atomic mass is 9.94. The number of nitrogens with zero attached hydrogens (tertiary/aromatic N) is 2. The Morgan fingerprint density at radius 3 is 2.06 bits per heavy atom. The van der Waals surface area contributed by atoms with E-state index in [1.807, 2.05) is 20.8 Å². The van der Waals surface area contributed by atoms with Gasteiger partial charge in [0.1, 0.15) is 0 Å². The summed E-state index contributed by atoms with van der Waals surface area (Å²) in [4.78, 5) is 12.7. The summed E-state index contributed by atoms with van der Waals surface area (Å²) in [6, 6.07) is 0. The average Bonchev–Trinajstić information content (AvgIpc) is 2.77. The Balaban J connectivity index is 0.000000209. The summed E-state index contributed by atoms with van der Waals surface area (Å²) >= 11 is 0. The molecule has 0 atom stereocenters. The van der Waals surface area contributed by atoms with E-state index < -0.39 is 0 Å². The smallest absolute Gasteiger partial charge is 0.0994 e. The molecule has 0 aliphatic carbocycles. The zero-order valence-corrected chi connectivity index (χ0v) is 11.7. The summed E-state index contributed by atoms with van der Waals surface area (Å²) in [6.07, 6.45) is 4.91. The summed E-state index contributed by atoms with van der Waals surface area (Å²) in [5.74, 6) is 0. The number of hydrogen-bond donors (Lipinski definition) is 0. The molecule has 2 aliphatic heterocycles. The maximum Gasteiger partial charge on any atom is 0.0994 e. The molecule has 0 bridgehead atoms.